The van der Waals surface area contributed by atoms with Crippen molar-refractivity contribution in [2.24, 2.45) is 0 Å². The average molecular weight is 543 g/mol. The van der Waals surface area contributed by atoms with Crippen molar-refractivity contribution in [1.82, 2.24) is 14.9 Å². The van der Waals surface area contributed by atoms with Crippen LogP contribution < -0.4 is 19.9 Å². The zero-order chi connectivity index (χ0) is 27.6. The van der Waals surface area contributed by atoms with E-state index in [0.29, 0.717) is 38.4 Å². The van der Waals surface area contributed by atoms with Crippen molar-refractivity contribution in [1.29, 1.82) is 0 Å². The molecule has 2 saturated heterocycles. The molecule has 3 aromatic rings. The maximum atomic E-state index is 12.3. The minimum Gasteiger partial charge on any atom is -0.485 e. The first-order valence-electron chi connectivity index (χ1n) is 13.9. The Morgan fingerprint density at radius 1 is 1.05 bits per heavy atom. The van der Waals surface area contributed by atoms with Gasteiger partial charge in [0.15, 0.2) is 0 Å². The highest BCUT2D eigenvalue weighted by Gasteiger charge is 2.27. The summed E-state index contributed by atoms with van der Waals surface area (Å²) in [5.41, 5.74) is 5.79. The largest absolute Gasteiger partial charge is 0.485 e. The van der Waals surface area contributed by atoms with Crippen molar-refractivity contribution in [3.8, 4) is 16.9 Å². The molecule has 2 aromatic heterocycles. The van der Waals surface area contributed by atoms with Gasteiger partial charge >= 0.3 is 0 Å². The van der Waals surface area contributed by atoms with Crippen molar-refractivity contribution in [2.75, 3.05) is 61.6 Å². The number of amides is 2. The lowest BCUT2D eigenvalue weighted by atomic mass is 9.94. The number of rotatable bonds is 7. The molecule has 1 atom stereocenters. The van der Waals surface area contributed by atoms with Gasteiger partial charge in [-0.15, -0.1) is 0 Å². The quantitative estimate of drug-likeness (QED) is 0.475. The Morgan fingerprint density at radius 3 is 2.67 bits per heavy atom. The van der Waals surface area contributed by atoms with Crippen molar-refractivity contribution in [3.05, 3.63) is 54.5 Å². The maximum Gasteiger partial charge on any atom is 0.227 e. The number of aromatic nitrogens is 2. The molecular weight excluding hydrogens is 508 g/mol. The van der Waals surface area contributed by atoms with Gasteiger partial charge in [0.2, 0.25) is 11.8 Å². The lowest BCUT2D eigenvalue weighted by Crippen LogP contribution is -2.49. The second-order valence-corrected chi connectivity index (χ2v) is 10.4. The molecule has 2 fully saturated rings. The van der Waals surface area contributed by atoms with Crippen molar-refractivity contribution in [2.45, 2.75) is 32.3 Å². The van der Waals surface area contributed by atoms with E-state index >= 15 is 0 Å². The van der Waals surface area contributed by atoms with Crippen LogP contribution in [0.15, 0.2) is 48.9 Å². The zero-order valence-electron chi connectivity index (χ0n) is 22.9. The van der Waals surface area contributed by atoms with E-state index in [2.05, 4.69) is 21.3 Å². The van der Waals surface area contributed by atoms with E-state index in [9.17, 15) is 9.59 Å². The van der Waals surface area contributed by atoms with Crippen molar-refractivity contribution < 1.29 is 19.1 Å². The van der Waals surface area contributed by atoms with Crippen LogP contribution in [0, 0.1) is 0 Å². The second-order valence-electron chi connectivity index (χ2n) is 10.4. The molecule has 10 nitrogen and oxygen atoms in total. The molecule has 3 aliphatic rings. The number of hydrogen-bond acceptors (Lipinski definition) is 8. The minimum atomic E-state index is -0.164. The van der Waals surface area contributed by atoms with Crippen LogP contribution in [0.3, 0.4) is 0 Å². The topological polar surface area (TPSA) is 100 Å². The Balaban J connectivity index is 1.15. The molecule has 0 aliphatic carbocycles. The molecule has 0 radical (unpaired) electrons. The highest BCUT2D eigenvalue weighted by molar-refractivity contribution is 5.96. The molecule has 10 heteroatoms. The van der Waals surface area contributed by atoms with E-state index in [-0.39, 0.29) is 17.9 Å². The predicted molar refractivity (Wildman–Crippen MR) is 153 cm³/mol. The number of nitrogens with zero attached hydrogens (tertiary/aromatic N) is 5. The van der Waals surface area contributed by atoms with Crippen LogP contribution in [0.25, 0.3) is 11.1 Å². The number of carbonyl (C=O) groups excluding carboxylic acids is 2. The Labute approximate surface area is 233 Å². The van der Waals surface area contributed by atoms with Crippen LogP contribution in [0.4, 0.5) is 22.9 Å². The molecule has 1 unspecified atom stereocenters. The molecule has 6 rings (SSSR count). The van der Waals surface area contributed by atoms with Crippen molar-refractivity contribution in [3.63, 3.8) is 0 Å². The van der Waals surface area contributed by atoms with E-state index in [4.69, 9.17) is 14.5 Å². The number of piperazine rings is 1. The smallest absolute Gasteiger partial charge is 0.227 e. The number of nitrogens with one attached hydrogen (secondary N) is 1. The summed E-state index contributed by atoms with van der Waals surface area (Å²) in [6, 6.07) is 10.1. The predicted octanol–water partition coefficient (Wildman–Crippen LogP) is 4.15. The summed E-state index contributed by atoms with van der Waals surface area (Å²) >= 11 is 0. The lowest BCUT2D eigenvalue weighted by Gasteiger charge is -2.36. The normalized spacial score (nSPS) is 18.3. The first-order chi connectivity index (χ1) is 19.5. The molecule has 40 heavy (non-hydrogen) atoms. The molecular formula is C30H34N6O4. The van der Waals surface area contributed by atoms with Crippen molar-refractivity contribution >= 4 is 34.7 Å². The highest BCUT2D eigenvalue weighted by Crippen LogP contribution is 2.44. The fourth-order valence-corrected chi connectivity index (χ4v) is 5.65. The van der Waals surface area contributed by atoms with E-state index in [1.165, 1.54) is 0 Å². The number of ether oxygens (including phenoxy) is 2. The van der Waals surface area contributed by atoms with Gasteiger partial charge in [0, 0.05) is 80.9 Å². The summed E-state index contributed by atoms with van der Waals surface area (Å²) < 4.78 is 11.3. The molecule has 0 saturated carbocycles. The number of fused-ring (bicyclic) bond motifs is 3. The van der Waals surface area contributed by atoms with E-state index in [1.807, 2.05) is 53.4 Å². The van der Waals surface area contributed by atoms with Gasteiger partial charge < -0.3 is 29.5 Å². The first-order valence-corrected chi connectivity index (χ1v) is 13.9. The highest BCUT2D eigenvalue weighted by atomic mass is 16.5. The molecule has 5 heterocycles. The summed E-state index contributed by atoms with van der Waals surface area (Å²) in [5.74, 6) is 1.79. The molecule has 208 valence electrons. The number of carbonyl (C=O) groups is 2. The van der Waals surface area contributed by atoms with Gasteiger partial charge in [-0.2, -0.15) is 0 Å². The van der Waals surface area contributed by atoms with Crippen LogP contribution in [-0.4, -0.2) is 73.1 Å². The summed E-state index contributed by atoms with van der Waals surface area (Å²) in [6.45, 7) is 6.10. The van der Waals surface area contributed by atoms with E-state index < -0.39 is 0 Å². The van der Waals surface area contributed by atoms with Crippen LogP contribution in [-0.2, 0) is 14.3 Å². The monoisotopic (exact) mass is 542 g/mol. The van der Waals surface area contributed by atoms with Crippen LogP contribution in [0.1, 0.15) is 37.9 Å². The third-order valence-electron chi connectivity index (χ3n) is 7.83. The van der Waals surface area contributed by atoms with Gasteiger partial charge in [-0.3, -0.25) is 14.6 Å². The maximum absolute atomic E-state index is 12.3. The number of pyridine rings is 2. The van der Waals surface area contributed by atoms with E-state index in [1.54, 1.807) is 13.3 Å². The Kier molecular flexibility index (Phi) is 7.25. The van der Waals surface area contributed by atoms with Gasteiger partial charge in [-0.1, -0.05) is 0 Å². The van der Waals surface area contributed by atoms with Gasteiger partial charge in [-0.05, 0) is 37.6 Å². The number of hydrogen-bond donors (Lipinski definition) is 1. The van der Waals surface area contributed by atoms with Crippen LogP contribution in [0.2, 0.25) is 0 Å². The van der Waals surface area contributed by atoms with Gasteiger partial charge in [0.25, 0.3) is 0 Å². The van der Waals surface area contributed by atoms with Gasteiger partial charge in [0.1, 0.15) is 17.7 Å². The van der Waals surface area contributed by atoms with Gasteiger partial charge in [0.05, 0.1) is 36.8 Å². The fraction of sp³-hybridized carbons (Fsp3) is 0.400. The molecule has 2 amide bonds. The molecule has 0 spiro atoms. The third-order valence-corrected chi connectivity index (χ3v) is 7.83. The van der Waals surface area contributed by atoms with Gasteiger partial charge in [-0.25, -0.2) is 4.98 Å². The zero-order valence-corrected chi connectivity index (χ0v) is 22.9. The number of benzene rings is 1. The first kappa shape index (κ1) is 26.1. The Hall–Kier alpha value is -4.18. The molecule has 1 aromatic carbocycles. The number of anilines is 4. The Morgan fingerprint density at radius 2 is 1.90 bits per heavy atom. The standard InChI is InChI=1S/C30H34N6O4/c1-20-25-16-28(32-19-26(25)24-6-5-22(15-27(24)40-20)36-8-3-4-30(36)38)33-21-14-23(18-31-17-21)34-9-11-35(12-10-34)29(37)7-13-39-2/h5-6,14-20H,3-4,7-13H2,1-2H3,(H,32,33). The summed E-state index contributed by atoms with van der Waals surface area (Å²) in [4.78, 5) is 39.6. The SMILES string of the molecule is COCCC(=O)N1CCN(c2cncc(Nc3cc4c(cn3)-c3ccc(N5CCCC5=O)cc3OC4C)c2)CC1. The Bertz CT molecular complexity index is 1420. The summed E-state index contributed by atoms with van der Waals surface area (Å²) in [5, 5.41) is 3.40. The van der Waals surface area contributed by atoms with Crippen LogP contribution in [0.5, 0.6) is 5.75 Å². The molecule has 3 aliphatic heterocycles. The number of methoxy groups -OCH3 is 1. The van der Waals surface area contributed by atoms with E-state index in [0.717, 1.165) is 65.6 Å². The average Bonchev–Trinajstić information content (AvgIpc) is 3.41. The fourth-order valence-electron chi connectivity index (χ4n) is 5.65. The minimum absolute atomic E-state index is 0.136. The van der Waals surface area contributed by atoms with Crippen LogP contribution >= 0.6 is 0 Å². The second kappa shape index (κ2) is 11.1. The lowest BCUT2D eigenvalue weighted by molar-refractivity contribution is -0.132. The summed E-state index contributed by atoms with van der Waals surface area (Å²) in [6.07, 6.45) is 7.26. The third kappa shape index (κ3) is 5.19. The molecule has 1 N–H and O–H groups in total. The molecule has 0 bridgehead atoms. The summed E-state index contributed by atoms with van der Waals surface area (Å²) in [7, 11) is 1.61.